The van der Waals surface area contributed by atoms with Crippen molar-refractivity contribution in [1.29, 1.82) is 0 Å². The molecule has 2 aromatic carbocycles. The third-order valence-electron chi connectivity index (χ3n) is 5.15. The molecule has 2 N–H and O–H groups in total. The van der Waals surface area contributed by atoms with E-state index in [-0.39, 0.29) is 24.7 Å². The molecular formula is C23H31NO4. The van der Waals surface area contributed by atoms with E-state index in [1.54, 1.807) is 0 Å². The van der Waals surface area contributed by atoms with Crippen molar-refractivity contribution in [2.45, 2.75) is 45.4 Å². The van der Waals surface area contributed by atoms with E-state index in [2.05, 4.69) is 50.2 Å². The quantitative estimate of drug-likeness (QED) is 0.800. The number of carbonyl (C=O) groups is 1. The molecular weight excluding hydrogens is 354 g/mol. The van der Waals surface area contributed by atoms with Crippen molar-refractivity contribution in [3.8, 4) is 0 Å². The van der Waals surface area contributed by atoms with Gasteiger partial charge in [0, 0.05) is 12.5 Å². The van der Waals surface area contributed by atoms with Crippen LogP contribution in [0, 0.1) is 11.8 Å². The van der Waals surface area contributed by atoms with Gasteiger partial charge in [-0.2, -0.15) is 0 Å². The summed E-state index contributed by atoms with van der Waals surface area (Å²) in [5.41, 5.74) is 7.12. The smallest absolute Gasteiger partial charge is 0.325 e. The molecule has 1 heterocycles. The van der Waals surface area contributed by atoms with Crippen molar-refractivity contribution in [1.82, 2.24) is 0 Å². The van der Waals surface area contributed by atoms with Gasteiger partial charge in [-0.15, -0.1) is 0 Å². The number of nitrogens with two attached hydrogens (primary N) is 1. The Bertz CT molecular complexity index is 786. The Hall–Kier alpha value is -1.95. The molecule has 0 aliphatic carbocycles. The van der Waals surface area contributed by atoms with Crippen LogP contribution >= 0.6 is 0 Å². The van der Waals surface area contributed by atoms with Gasteiger partial charge in [0.05, 0.1) is 19.3 Å². The number of fused-ring (bicyclic) bond motifs is 1. The molecule has 5 nitrogen and oxygen atoms in total. The molecule has 0 spiro atoms. The molecule has 5 heteroatoms. The second-order valence-corrected chi connectivity index (χ2v) is 8.08. The van der Waals surface area contributed by atoms with E-state index in [9.17, 15) is 4.79 Å². The summed E-state index contributed by atoms with van der Waals surface area (Å²) in [5, 5.41) is 2.44. The van der Waals surface area contributed by atoms with Gasteiger partial charge >= 0.3 is 5.97 Å². The molecule has 152 valence electrons. The molecule has 2 aromatic rings. The number of ether oxygens (including phenoxy) is 3. The van der Waals surface area contributed by atoms with Crippen LogP contribution in [0.2, 0.25) is 0 Å². The number of hydrogen-bond donors (Lipinski definition) is 1. The normalized spacial score (nSPS) is 26.5. The fraction of sp³-hybridized carbons (Fsp3) is 0.522. The Morgan fingerprint density at radius 3 is 2.68 bits per heavy atom. The van der Waals surface area contributed by atoms with Crippen molar-refractivity contribution in [2.75, 3.05) is 19.8 Å². The maximum Gasteiger partial charge on any atom is 0.325 e. The van der Waals surface area contributed by atoms with Gasteiger partial charge in [0.2, 0.25) is 0 Å². The number of esters is 1. The highest BCUT2D eigenvalue weighted by Crippen LogP contribution is 2.27. The molecule has 0 unspecified atom stereocenters. The van der Waals surface area contributed by atoms with Crippen LogP contribution in [0.25, 0.3) is 10.8 Å². The van der Waals surface area contributed by atoms with Gasteiger partial charge in [-0.3, -0.25) is 4.79 Å². The van der Waals surface area contributed by atoms with Gasteiger partial charge in [-0.1, -0.05) is 56.3 Å². The highest BCUT2D eigenvalue weighted by atomic mass is 16.6. The third-order valence-corrected chi connectivity index (χ3v) is 5.15. The maximum atomic E-state index is 12.2. The van der Waals surface area contributed by atoms with Gasteiger partial charge in [-0.25, -0.2) is 0 Å². The summed E-state index contributed by atoms with van der Waals surface area (Å²) in [6.45, 7) is 7.34. The van der Waals surface area contributed by atoms with E-state index < -0.39 is 12.0 Å². The van der Waals surface area contributed by atoms with Crippen LogP contribution in [0.4, 0.5) is 0 Å². The zero-order chi connectivity index (χ0) is 20.1. The number of cyclic esters (lactones) is 1. The molecule has 3 rings (SSSR count). The van der Waals surface area contributed by atoms with E-state index >= 15 is 0 Å². The second-order valence-electron chi connectivity index (χ2n) is 8.08. The summed E-state index contributed by atoms with van der Waals surface area (Å²) in [6, 6.07) is 14.0. The topological polar surface area (TPSA) is 70.8 Å². The fourth-order valence-corrected chi connectivity index (χ4v) is 3.73. The summed E-state index contributed by atoms with van der Waals surface area (Å²) >= 11 is 0. The zero-order valence-electron chi connectivity index (χ0n) is 17.0. The lowest BCUT2D eigenvalue weighted by atomic mass is 9.89. The third kappa shape index (κ3) is 5.10. The lowest BCUT2D eigenvalue weighted by Gasteiger charge is -2.31. The van der Waals surface area contributed by atoms with Gasteiger partial charge in [0.1, 0.15) is 12.1 Å². The monoisotopic (exact) mass is 385 g/mol. The minimum absolute atomic E-state index is 0.0534. The Morgan fingerprint density at radius 1 is 1.14 bits per heavy atom. The van der Waals surface area contributed by atoms with Crippen LogP contribution in [-0.2, 0) is 25.4 Å². The Labute approximate surface area is 167 Å². The zero-order valence-corrected chi connectivity index (χ0v) is 17.0. The molecule has 4 atom stereocenters. The number of rotatable bonds is 5. The first-order valence-electron chi connectivity index (χ1n) is 10.1. The van der Waals surface area contributed by atoms with E-state index in [1.807, 2.05) is 13.0 Å². The fourth-order valence-electron chi connectivity index (χ4n) is 3.73. The van der Waals surface area contributed by atoms with Gasteiger partial charge in [-0.05, 0) is 35.6 Å². The summed E-state index contributed by atoms with van der Waals surface area (Å²) < 4.78 is 17.7. The maximum absolute atomic E-state index is 12.2. The van der Waals surface area contributed by atoms with Crippen LogP contribution in [0.5, 0.6) is 0 Å². The molecule has 1 saturated heterocycles. The first kappa shape index (κ1) is 20.8. The van der Waals surface area contributed by atoms with E-state index in [0.29, 0.717) is 19.1 Å². The first-order chi connectivity index (χ1) is 13.5. The van der Waals surface area contributed by atoms with Crippen LogP contribution in [0.3, 0.4) is 0 Å². The summed E-state index contributed by atoms with van der Waals surface area (Å²) in [6.07, 6.45) is 0.135. The van der Waals surface area contributed by atoms with Gasteiger partial charge in [0.15, 0.2) is 0 Å². The largest absolute Gasteiger partial charge is 0.459 e. The van der Waals surface area contributed by atoms with Crippen LogP contribution in [-0.4, -0.2) is 44.0 Å². The minimum Gasteiger partial charge on any atom is -0.459 e. The van der Waals surface area contributed by atoms with Crippen LogP contribution in [0.1, 0.15) is 26.3 Å². The molecule has 0 aromatic heterocycles. The Kier molecular flexibility index (Phi) is 7.05. The van der Waals surface area contributed by atoms with Crippen molar-refractivity contribution < 1.29 is 19.0 Å². The first-order valence-corrected chi connectivity index (χ1v) is 10.1. The average Bonchev–Trinajstić information content (AvgIpc) is 2.71. The lowest BCUT2D eigenvalue weighted by Crippen LogP contribution is -2.42. The van der Waals surface area contributed by atoms with E-state index in [4.69, 9.17) is 19.9 Å². The molecule has 0 radical (unpaired) electrons. The number of hydrogen-bond acceptors (Lipinski definition) is 5. The summed E-state index contributed by atoms with van der Waals surface area (Å²) in [5.74, 6) is 0.00558. The molecule has 1 aliphatic rings. The highest BCUT2D eigenvalue weighted by molar-refractivity contribution is 5.85. The number of carbonyl (C=O) groups excluding carboxylic acids is 1. The molecule has 28 heavy (non-hydrogen) atoms. The minimum atomic E-state index is -0.760. The van der Waals surface area contributed by atoms with Crippen molar-refractivity contribution in [3.05, 3.63) is 48.0 Å². The van der Waals surface area contributed by atoms with Gasteiger partial charge in [0.25, 0.3) is 0 Å². The summed E-state index contributed by atoms with van der Waals surface area (Å²) in [7, 11) is 0. The molecule has 0 bridgehead atoms. The van der Waals surface area contributed by atoms with Gasteiger partial charge < -0.3 is 19.9 Å². The summed E-state index contributed by atoms with van der Waals surface area (Å²) in [4.78, 5) is 12.2. The molecule has 0 saturated carbocycles. The Morgan fingerprint density at radius 2 is 1.89 bits per heavy atom. The molecule has 1 fully saturated rings. The molecule has 1 aliphatic heterocycles. The average molecular weight is 386 g/mol. The van der Waals surface area contributed by atoms with Crippen LogP contribution < -0.4 is 5.73 Å². The predicted octanol–water partition coefficient (Wildman–Crippen LogP) is 3.33. The van der Waals surface area contributed by atoms with E-state index in [0.717, 1.165) is 6.42 Å². The van der Waals surface area contributed by atoms with Crippen molar-refractivity contribution in [3.63, 3.8) is 0 Å². The lowest BCUT2D eigenvalue weighted by molar-refractivity contribution is -0.160. The standard InChI is InChI=1S/C23H31NO4/c1-15(2)12-27-22-16(3)28-23(25)21(24)14-26-13-19(22)11-18-9-6-8-17-7-4-5-10-20(17)18/h4-10,15-16,19,21-22H,11-14,24H2,1-3H3/t16-,19-,21-,22-/m0/s1. The van der Waals surface area contributed by atoms with Crippen molar-refractivity contribution >= 4 is 16.7 Å². The predicted molar refractivity (Wildman–Crippen MR) is 110 cm³/mol. The molecule has 0 amide bonds. The highest BCUT2D eigenvalue weighted by Gasteiger charge is 2.34. The van der Waals surface area contributed by atoms with Crippen LogP contribution in [0.15, 0.2) is 42.5 Å². The SMILES string of the molecule is CC(C)CO[C@@H]1[C@@H](Cc2cccc3ccccc23)COC[C@H](N)C(=O)O[C@H]1C. The Balaban J connectivity index is 1.89. The second kappa shape index (κ2) is 9.50. The number of benzene rings is 2. The van der Waals surface area contributed by atoms with E-state index in [1.165, 1.54) is 16.3 Å². The van der Waals surface area contributed by atoms with Crippen molar-refractivity contribution in [2.24, 2.45) is 17.6 Å².